The molecule has 0 aromatic carbocycles. The molecular weight excluding hydrogens is 666 g/mol. The number of hydrogen-bond acceptors (Lipinski definition) is 4. The van der Waals surface area contributed by atoms with Crippen LogP contribution in [0.25, 0.3) is 52.4 Å². The summed E-state index contributed by atoms with van der Waals surface area (Å²) in [6.07, 6.45) is 20.3. The predicted molar refractivity (Wildman–Crippen MR) is 194 cm³/mol. The van der Waals surface area contributed by atoms with Crippen molar-refractivity contribution >= 4 is 64.4 Å². The summed E-state index contributed by atoms with van der Waals surface area (Å²) in [4.78, 5) is 44.9. The van der Waals surface area contributed by atoms with E-state index in [-0.39, 0.29) is 19.5 Å². The number of hydrogen-bond donors (Lipinski definition) is 2. The molecule has 0 spiro atoms. The van der Waals surface area contributed by atoms with E-state index >= 15 is 0 Å². The van der Waals surface area contributed by atoms with Crippen LogP contribution in [0.1, 0.15) is 130 Å². The topological polar surface area (TPSA) is 129 Å². The van der Waals surface area contributed by atoms with Gasteiger partial charge in [0.15, 0.2) is 0 Å². The van der Waals surface area contributed by atoms with E-state index < -0.39 is 17.5 Å². The van der Waals surface area contributed by atoms with Gasteiger partial charge in [0.05, 0.1) is 22.8 Å². The first-order valence-electron chi connectivity index (χ1n) is 17.5. The van der Waals surface area contributed by atoms with Crippen LogP contribution in [0.3, 0.4) is 0 Å². The van der Waals surface area contributed by atoms with Crippen molar-refractivity contribution in [3.63, 3.8) is 0 Å². The molecule has 8 nitrogen and oxygen atoms in total. The minimum Gasteiger partial charge on any atom is -0.657 e. The molecule has 2 N–H and O–H groups in total. The summed E-state index contributed by atoms with van der Waals surface area (Å²) >= 11 is 0. The SMILES string of the molecule is CCCCc1c2nc(c(CCCC)c3cc(C=C(C(=O)O)C(=O)O)c([n-]3)c(CCCC)c3nc(c(CCCC)c4ccc1[n-]4)C=C3)C=C2.[Zn+2]. The van der Waals surface area contributed by atoms with Gasteiger partial charge in [-0.05, 0) is 110 Å². The molecule has 9 heteroatoms. The third-order valence-corrected chi connectivity index (χ3v) is 9.05. The van der Waals surface area contributed by atoms with Gasteiger partial charge < -0.3 is 20.2 Å². The minimum absolute atomic E-state index is 0. The molecule has 2 aliphatic rings. The molecule has 3 aromatic rings. The fraction of sp³-hybridized carbons (Fsp3) is 0.400. The first kappa shape index (κ1) is 37.7. The van der Waals surface area contributed by atoms with Crippen molar-refractivity contribution in [2.75, 3.05) is 0 Å². The Morgan fingerprint density at radius 2 is 1.00 bits per heavy atom. The summed E-state index contributed by atoms with van der Waals surface area (Å²) in [7, 11) is 0. The van der Waals surface area contributed by atoms with Gasteiger partial charge >= 0.3 is 31.4 Å². The number of aliphatic carboxylic acids is 2. The minimum atomic E-state index is -1.50. The first-order chi connectivity index (χ1) is 23.3. The van der Waals surface area contributed by atoms with Crippen molar-refractivity contribution in [2.24, 2.45) is 0 Å². The third-order valence-electron chi connectivity index (χ3n) is 9.05. The summed E-state index contributed by atoms with van der Waals surface area (Å²) in [6, 6.07) is 6.06. The summed E-state index contributed by atoms with van der Waals surface area (Å²) in [6.45, 7) is 8.62. The maximum Gasteiger partial charge on any atom is 2.00 e. The molecule has 0 atom stereocenters. The standard InChI is InChI=1S/C40H48N4O4.Zn/c1-5-9-13-26-31-17-18-32(41-31)27(14-10-6-2)34-21-22-36(43-34)29(16-12-8-4)38-25(23-30(39(45)46)40(47)48)24-37(44-38)28(15-11-7-3)35-20-19-33(26)42-35;/h17-24H,5-16H2,1-4H3,(H4,41,42,43,44,45,46,47,48);/q;+2/p-2. The average Bonchev–Trinajstić information content (AvgIpc) is 3.89. The number of aryl methyl sites for hydroxylation is 4. The molecule has 49 heavy (non-hydrogen) atoms. The molecule has 252 valence electrons. The fourth-order valence-electron chi connectivity index (χ4n) is 6.35. The van der Waals surface area contributed by atoms with Crippen molar-refractivity contribution in [1.82, 2.24) is 19.9 Å². The summed E-state index contributed by atoms with van der Waals surface area (Å²) in [5, 5.41) is 19.6. The van der Waals surface area contributed by atoms with Gasteiger partial charge in [-0.1, -0.05) is 71.6 Å². The summed E-state index contributed by atoms with van der Waals surface area (Å²) < 4.78 is 0. The molecule has 2 aliphatic heterocycles. The molecule has 0 saturated carbocycles. The number of fused-ring (bicyclic) bond motifs is 8. The largest absolute Gasteiger partial charge is 2.00 e. The van der Waals surface area contributed by atoms with Crippen molar-refractivity contribution in [1.29, 1.82) is 0 Å². The van der Waals surface area contributed by atoms with E-state index in [0.717, 1.165) is 127 Å². The molecule has 5 rings (SSSR count). The monoisotopic (exact) mass is 710 g/mol. The smallest absolute Gasteiger partial charge is 0.657 e. The van der Waals surface area contributed by atoms with E-state index in [1.165, 1.54) is 6.08 Å². The van der Waals surface area contributed by atoms with Gasteiger partial charge in [-0.3, -0.25) is 0 Å². The van der Waals surface area contributed by atoms with Crippen LogP contribution in [0.5, 0.6) is 0 Å². The summed E-state index contributed by atoms with van der Waals surface area (Å²) in [5.41, 5.74) is 10.2. The molecule has 0 saturated heterocycles. The van der Waals surface area contributed by atoms with Gasteiger partial charge in [-0.25, -0.2) is 19.6 Å². The van der Waals surface area contributed by atoms with E-state index in [1.54, 1.807) is 0 Å². The summed E-state index contributed by atoms with van der Waals surface area (Å²) in [5.74, 6) is -3.00. The van der Waals surface area contributed by atoms with Gasteiger partial charge in [0.25, 0.3) is 0 Å². The van der Waals surface area contributed by atoms with Crippen molar-refractivity contribution in [2.45, 2.75) is 105 Å². The third kappa shape index (κ3) is 8.56. The van der Waals surface area contributed by atoms with Crippen LogP contribution in [0.15, 0.2) is 23.8 Å². The number of aromatic nitrogens is 4. The predicted octanol–water partition coefficient (Wildman–Crippen LogP) is 8.83. The zero-order valence-corrected chi connectivity index (χ0v) is 32.3. The number of carboxylic acid groups (broad SMARTS) is 2. The second-order valence-corrected chi connectivity index (χ2v) is 12.6. The molecule has 0 fully saturated rings. The van der Waals surface area contributed by atoms with Gasteiger partial charge in [0.2, 0.25) is 0 Å². The number of rotatable bonds is 15. The zero-order valence-electron chi connectivity index (χ0n) is 29.3. The molecule has 8 bridgehead atoms. The van der Waals surface area contributed by atoms with Crippen LogP contribution in [-0.2, 0) is 54.8 Å². The first-order valence-corrected chi connectivity index (χ1v) is 17.5. The maximum absolute atomic E-state index is 12.1. The van der Waals surface area contributed by atoms with E-state index in [1.807, 2.05) is 24.3 Å². The van der Waals surface area contributed by atoms with E-state index in [0.29, 0.717) is 23.0 Å². The van der Waals surface area contributed by atoms with E-state index in [2.05, 4.69) is 45.9 Å². The van der Waals surface area contributed by atoms with Gasteiger partial charge in [-0.15, -0.1) is 22.1 Å². The normalized spacial score (nSPS) is 11.8. The van der Waals surface area contributed by atoms with Gasteiger partial charge in [0.1, 0.15) is 5.57 Å². The van der Waals surface area contributed by atoms with E-state index in [4.69, 9.17) is 19.9 Å². The Hall–Kier alpha value is -4.10. The average molecular weight is 712 g/mol. The zero-order chi connectivity index (χ0) is 34.2. The number of nitrogens with zero attached hydrogens (tertiary/aromatic N) is 4. The Kier molecular flexibility index (Phi) is 13.5. The quantitative estimate of drug-likeness (QED) is 0.0477. The molecule has 0 amide bonds. The molecule has 0 aliphatic carbocycles. The van der Waals surface area contributed by atoms with Crippen LogP contribution in [0.2, 0.25) is 0 Å². The van der Waals surface area contributed by atoms with Crippen LogP contribution in [-0.4, -0.2) is 32.1 Å². The van der Waals surface area contributed by atoms with Gasteiger partial charge in [-0.2, -0.15) is 0 Å². The Morgan fingerprint density at radius 1 is 0.612 bits per heavy atom. The van der Waals surface area contributed by atoms with Crippen LogP contribution in [0, 0.1) is 0 Å². The Bertz CT molecular complexity index is 1930. The fourth-order valence-corrected chi connectivity index (χ4v) is 6.35. The van der Waals surface area contributed by atoms with Crippen LogP contribution < -0.4 is 9.97 Å². The van der Waals surface area contributed by atoms with E-state index in [9.17, 15) is 19.8 Å². The van der Waals surface area contributed by atoms with Crippen molar-refractivity contribution < 1.29 is 39.3 Å². The van der Waals surface area contributed by atoms with Crippen LogP contribution >= 0.6 is 0 Å². The number of carbonyl (C=O) groups is 2. The van der Waals surface area contributed by atoms with Crippen molar-refractivity contribution in [3.8, 4) is 0 Å². The second-order valence-electron chi connectivity index (χ2n) is 12.6. The van der Waals surface area contributed by atoms with Gasteiger partial charge in [0, 0.05) is 0 Å². The molecule has 0 radical (unpaired) electrons. The number of unbranched alkanes of at least 4 members (excludes halogenated alkanes) is 4. The Morgan fingerprint density at radius 3 is 1.41 bits per heavy atom. The van der Waals surface area contributed by atoms with Crippen molar-refractivity contribution in [3.05, 3.63) is 74.4 Å². The number of carboxylic acids is 2. The molecule has 5 heterocycles. The molecule has 3 aromatic heterocycles. The Balaban J connectivity index is 0.00000541. The second kappa shape index (κ2) is 17.5. The molecule has 0 unspecified atom stereocenters. The Labute approximate surface area is 301 Å². The maximum atomic E-state index is 12.1. The molecular formula is C40H46N4O4Zn. The van der Waals surface area contributed by atoms with Crippen LogP contribution in [0.4, 0.5) is 0 Å².